The summed E-state index contributed by atoms with van der Waals surface area (Å²) in [6.07, 6.45) is 60.7. The lowest BCUT2D eigenvalue weighted by atomic mass is 9.99. The lowest BCUT2D eigenvalue weighted by molar-refractivity contribution is -0.305. The number of ether oxygens (including phenoxy) is 3. The molecule has 1 aliphatic heterocycles. The predicted molar refractivity (Wildman–Crippen MR) is 310 cm³/mol. The molecule has 1 saturated heterocycles. The Hall–Kier alpha value is -4.20. The molecule has 1 heterocycles. The predicted octanol–water partition coefficient (Wildman–Crippen LogP) is 13.3. The summed E-state index contributed by atoms with van der Waals surface area (Å²) in [6, 6.07) is -1.06. The Bertz CT molecular complexity index is 1720. The van der Waals surface area contributed by atoms with E-state index in [1.165, 1.54) is 51.4 Å². The molecule has 1 rings (SSSR count). The van der Waals surface area contributed by atoms with Gasteiger partial charge in [0.15, 0.2) is 12.4 Å². The van der Waals surface area contributed by atoms with Crippen LogP contribution in [0.25, 0.3) is 0 Å². The first-order valence-corrected chi connectivity index (χ1v) is 29.0. The Balaban J connectivity index is 2.80. The van der Waals surface area contributed by atoms with Crippen LogP contribution in [-0.2, 0) is 23.8 Å². The smallest absolute Gasteiger partial charge is 0.306 e. The van der Waals surface area contributed by atoms with E-state index in [0.717, 1.165) is 89.9 Å². The molecule has 0 bridgehead atoms. The summed E-state index contributed by atoms with van der Waals surface area (Å²) in [5.74, 6) is -1.32. The molecule has 0 aromatic heterocycles. The highest BCUT2D eigenvalue weighted by Gasteiger charge is 2.47. The number of rotatable bonds is 46. The van der Waals surface area contributed by atoms with Crippen LogP contribution in [0.15, 0.2) is 134 Å². The van der Waals surface area contributed by atoms with Crippen LogP contribution in [0.1, 0.15) is 194 Å². The number of hydrogen-bond donors (Lipinski definition) is 6. The Labute approximate surface area is 454 Å². The van der Waals surface area contributed by atoms with Crippen LogP contribution in [0.4, 0.5) is 0 Å². The second-order valence-electron chi connectivity index (χ2n) is 19.3. The van der Waals surface area contributed by atoms with Gasteiger partial charge in [-0.05, 0) is 83.5 Å². The summed E-state index contributed by atoms with van der Waals surface area (Å²) in [7, 11) is 0. The second-order valence-corrected chi connectivity index (χ2v) is 19.3. The van der Waals surface area contributed by atoms with E-state index in [9.17, 15) is 35.1 Å². The van der Waals surface area contributed by atoms with Crippen LogP contribution in [0.2, 0.25) is 0 Å². The third kappa shape index (κ3) is 38.9. The average molecular weight is 1050 g/mol. The molecule has 11 nitrogen and oxygen atoms in total. The minimum atomic E-state index is -1.66. The Morgan fingerprint density at radius 1 is 0.547 bits per heavy atom. The van der Waals surface area contributed by atoms with Gasteiger partial charge in [0.1, 0.15) is 24.4 Å². The van der Waals surface area contributed by atoms with E-state index < -0.39 is 67.4 Å². The van der Waals surface area contributed by atoms with Gasteiger partial charge in [0.25, 0.3) is 0 Å². The molecule has 0 aliphatic carbocycles. The van der Waals surface area contributed by atoms with E-state index in [0.29, 0.717) is 19.3 Å². The molecular formula is C64H103NO10. The van der Waals surface area contributed by atoms with E-state index in [1.54, 1.807) is 6.08 Å². The van der Waals surface area contributed by atoms with Crippen molar-refractivity contribution in [3.63, 3.8) is 0 Å². The van der Waals surface area contributed by atoms with Gasteiger partial charge in [0.2, 0.25) is 5.91 Å². The van der Waals surface area contributed by atoms with Gasteiger partial charge >= 0.3 is 5.97 Å². The van der Waals surface area contributed by atoms with Crippen LogP contribution in [0, 0.1) is 0 Å². The summed E-state index contributed by atoms with van der Waals surface area (Å²) >= 11 is 0. The van der Waals surface area contributed by atoms with Crippen molar-refractivity contribution in [2.24, 2.45) is 0 Å². The summed E-state index contributed by atoms with van der Waals surface area (Å²) in [5.41, 5.74) is 0. The van der Waals surface area contributed by atoms with Gasteiger partial charge in [-0.1, -0.05) is 238 Å². The molecule has 1 fully saturated rings. The van der Waals surface area contributed by atoms with Gasteiger partial charge in [-0.25, -0.2) is 0 Å². The molecule has 11 heteroatoms. The monoisotopic (exact) mass is 1050 g/mol. The van der Waals surface area contributed by atoms with E-state index in [-0.39, 0.29) is 19.4 Å². The zero-order chi connectivity index (χ0) is 54.7. The summed E-state index contributed by atoms with van der Waals surface area (Å²) in [6.45, 7) is 5.45. The fourth-order valence-corrected chi connectivity index (χ4v) is 8.10. The molecule has 424 valence electrons. The molecule has 0 aromatic rings. The number of amides is 1. The first kappa shape index (κ1) is 68.8. The maximum absolute atomic E-state index is 13.4. The Kier molecular flexibility index (Phi) is 46.4. The lowest BCUT2D eigenvalue weighted by Crippen LogP contribution is -2.61. The largest absolute Gasteiger partial charge is 0.454 e. The van der Waals surface area contributed by atoms with Crippen molar-refractivity contribution in [1.82, 2.24) is 5.32 Å². The Morgan fingerprint density at radius 2 is 1.03 bits per heavy atom. The molecule has 75 heavy (non-hydrogen) atoms. The van der Waals surface area contributed by atoms with Gasteiger partial charge in [-0.3, -0.25) is 9.59 Å². The van der Waals surface area contributed by atoms with Crippen molar-refractivity contribution in [3.8, 4) is 0 Å². The topological polar surface area (TPSA) is 175 Å². The number of allylic oxidation sites excluding steroid dienone is 21. The highest BCUT2D eigenvalue weighted by Crippen LogP contribution is 2.26. The van der Waals surface area contributed by atoms with Crippen molar-refractivity contribution in [2.45, 2.75) is 243 Å². The third-order valence-corrected chi connectivity index (χ3v) is 12.7. The zero-order valence-electron chi connectivity index (χ0n) is 46.6. The number of unbranched alkanes of at least 4 members (excludes halogenated alkanes) is 15. The minimum absolute atomic E-state index is 0.0128. The van der Waals surface area contributed by atoms with Crippen molar-refractivity contribution < 1.29 is 49.3 Å². The number of carbonyl (C=O) groups is 2. The molecule has 8 atom stereocenters. The average Bonchev–Trinajstić information content (AvgIpc) is 3.41. The van der Waals surface area contributed by atoms with Gasteiger partial charge in [0.05, 0.1) is 25.4 Å². The van der Waals surface area contributed by atoms with Gasteiger partial charge < -0.3 is 45.1 Å². The van der Waals surface area contributed by atoms with Gasteiger partial charge in [0, 0.05) is 6.42 Å². The number of aliphatic hydroxyl groups excluding tert-OH is 5. The minimum Gasteiger partial charge on any atom is -0.454 e. The fourth-order valence-electron chi connectivity index (χ4n) is 8.10. The molecule has 6 N–H and O–H groups in total. The van der Waals surface area contributed by atoms with Crippen LogP contribution < -0.4 is 5.32 Å². The van der Waals surface area contributed by atoms with Crippen LogP contribution >= 0.6 is 0 Å². The van der Waals surface area contributed by atoms with Crippen LogP contribution in [0.3, 0.4) is 0 Å². The molecular weight excluding hydrogens is 943 g/mol. The molecule has 0 spiro atoms. The highest BCUT2D eigenvalue weighted by atomic mass is 16.7. The van der Waals surface area contributed by atoms with Crippen molar-refractivity contribution in [3.05, 3.63) is 134 Å². The highest BCUT2D eigenvalue weighted by molar-refractivity contribution is 5.80. The van der Waals surface area contributed by atoms with E-state index >= 15 is 0 Å². The van der Waals surface area contributed by atoms with E-state index in [2.05, 4.69) is 99.0 Å². The quantitative estimate of drug-likeness (QED) is 0.0149. The number of hydrogen-bond acceptors (Lipinski definition) is 10. The second kappa shape index (κ2) is 50.6. The van der Waals surface area contributed by atoms with Crippen molar-refractivity contribution in [2.75, 3.05) is 13.2 Å². The third-order valence-electron chi connectivity index (χ3n) is 12.7. The molecule has 0 aromatic carbocycles. The molecule has 1 aliphatic rings. The number of carbonyl (C=O) groups excluding carboxylic acids is 2. The first-order chi connectivity index (χ1) is 36.7. The zero-order valence-corrected chi connectivity index (χ0v) is 46.6. The van der Waals surface area contributed by atoms with Crippen LogP contribution in [0.5, 0.6) is 0 Å². The lowest BCUT2D eigenvalue weighted by Gasteiger charge is -2.41. The summed E-state index contributed by atoms with van der Waals surface area (Å²) in [4.78, 5) is 26.4. The summed E-state index contributed by atoms with van der Waals surface area (Å²) < 4.78 is 17.5. The molecule has 0 radical (unpaired) electrons. The number of nitrogens with one attached hydrogen (secondary N) is 1. The normalized spacial score (nSPS) is 20.2. The SMILES string of the molecule is CC/C=C\C/C=C\C/C=C\C/C=C\C/C=C\C/C=C\CCC(=O)OC1C(OCC(NC(=O)C(O)CCCCCC\C=C/C=C/C=C/C=C/CC)C(O)/C=C/CCCCCCCCCCCCC)OC(CO)C(O)C1O. The standard InChI is InChI=1S/C64H103NO10/c1-4-7-10-13-16-19-22-25-27-28-29-30-31-34-37-40-43-46-49-52-59(69)75-62-61(71)60(70)58(53-66)74-64(62)73-54-55(56(67)50-47-44-41-38-35-32-24-21-18-15-12-9-6-3)65-63(72)57(68)51-48-45-42-39-36-33-26-23-20-17-14-11-8-5-2/h7-8,10-11,14,16-17,19-20,23,25-27,29-30,33-34,37,43,46-47,50,55-58,60-62,64,66-68,70-71H,4-6,9,12-13,15,18,21-22,24,28,31-32,35-36,38-42,44-45,48-49,51-54H2,1-3H3,(H,65,72)/b10-7-,11-8+,17-14+,19-16-,23-20+,27-25-,30-29-,33-26-,37-34-,46-43-,50-47+. The van der Waals surface area contributed by atoms with Crippen molar-refractivity contribution >= 4 is 11.9 Å². The number of aliphatic hydroxyl groups is 5. The summed E-state index contributed by atoms with van der Waals surface area (Å²) in [5, 5.41) is 56.8. The Morgan fingerprint density at radius 3 is 1.57 bits per heavy atom. The molecule has 1 amide bonds. The molecule has 0 saturated carbocycles. The maximum atomic E-state index is 13.4. The van der Waals surface area contributed by atoms with E-state index in [1.807, 2.05) is 54.7 Å². The maximum Gasteiger partial charge on any atom is 0.306 e. The fraction of sp³-hybridized carbons (Fsp3) is 0.625. The van der Waals surface area contributed by atoms with Gasteiger partial charge in [-0.15, -0.1) is 0 Å². The van der Waals surface area contributed by atoms with Gasteiger partial charge in [-0.2, -0.15) is 0 Å². The van der Waals surface area contributed by atoms with E-state index in [4.69, 9.17) is 14.2 Å². The first-order valence-electron chi connectivity index (χ1n) is 29.0. The van der Waals surface area contributed by atoms with Crippen molar-refractivity contribution in [1.29, 1.82) is 0 Å². The number of esters is 1. The molecule has 8 unspecified atom stereocenters. The van der Waals surface area contributed by atoms with Crippen LogP contribution in [-0.4, -0.2) is 99.6 Å².